The summed E-state index contributed by atoms with van der Waals surface area (Å²) in [5.74, 6) is 1.08. The quantitative estimate of drug-likeness (QED) is 0.811. The maximum atomic E-state index is 4.39. The van der Waals surface area contributed by atoms with Crippen LogP contribution in [0.15, 0.2) is 30.6 Å². The fraction of sp³-hybridized carbons (Fsp3) is 0.529. The number of nitrogens with zero attached hydrogens (tertiary/aromatic N) is 3. The highest BCUT2D eigenvalue weighted by Crippen LogP contribution is 2.12. The number of aryl methyl sites for hydroxylation is 3. The van der Waals surface area contributed by atoms with Crippen molar-refractivity contribution in [1.82, 2.24) is 20.1 Å². The van der Waals surface area contributed by atoms with E-state index in [0.717, 1.165) is 38.2 Å². The third-order valence-electron chi connectivity index (χ3n) is 3.94. The summed E-state index contributed by atoms with van der Waals surface area (Å²) in [6.07, 6.45) is 4.82. The van der Waals surface area contributed by atoms with Gasteiger partial charge in [-0.3, -0.25) is 4.68 Å². The zero-order valence-electron chi connectivity index (χ0n) is 13.3. The smallest absolute Gasteiger partial charge is 0.138 e. The Labute approximate surface area is 127 Å². The van der Waals surface area contributed by atoms with E-state index in [1.807, 2.05) is 4.68 Å². The molecular weight excluding hydrogens is 260 g/mol. The number of aromatic nitrogens is 3. The molecule has 0 saturated heterocycles. The number of nitrogens with one attached hydrogen (secondary N) is 1. The van der Waals surface area contributed by atoms with Gasteiger partial charge in [0.25, 0.3) is 0 Å². The molecule has 0 spiro atoms. The monoisotopic (exact) mass is 286 g/mol. The lowest BCUT2D eigenvalue weighted by molar-refractivity contribution is 0.466. The van der Waals surface area contributed by atoms with Crippen LogP contribution in [-0.4, -0.2) is 27.4 Å². The highest BCUT2D eigenvalue weighted by molar-refractivity contribution is 5.25. The van der Waals surface area contributed by atoms with E-state index in [-0.39, 0.29) is 0 Å². The Morgan fingerprint density at radius 2 is 2.05 bits per heavy atom. The lowest BCUT2D eigenvalue weighted by Gasteiger charge is -2.18. The van der Waals surface area contributed by atoms with Crippen LogP contribution in [0.1, 0.15) is 37.2 Å². The maximum absolute atomic E-state index is 4.39. The molecule has 0 aliphatic heterocycles. The second kappa shape index (κ2) is 7.93. The third-order valence-corrected chi connectivity index (χ3v) is 3.94. The Morgan fingerprint density at radius 1 is 1.24 bits per heavy atom. The molecule has 0 radical (unpaired) electrons. The van der Waals surface area contributed by atoms with Crippen LogP contribution in [0.25, 0.3) is 0 Å². The van der Waals surface area contributed by atoms with E-state index < -0.39 is 0 Å². The average Bonchev–Trinajstić information content (AvgIpc) is 2.93. The van der Waals surface area contributed by atoms with E-state index >= 15 is 0 Å². The van der Waals surface area contributed by atoms with Crippen molar-refractivity contribution in [3.63, 3.8) is 0 Å². The first-order chi connectivity index (χ1) is 10.2. The molecule has 0 saturated carbocycles. The number of likely N-dealkylation sites (N-methyl/N-ethyl adjacent to an activating group) is 1. The molecule has 21 heavy (non-hydrogen) atoms. The molecule has 1 heterocycles. The number of rotatable bonds is 8. The predicted molar refractivity (Wildman–Crippen MR) is 86.4 cm³/mol. The molecule has 0 amide bonds. The van der Waals surface area contributed by atoms with Gasteiger partial charge < -0.3 is 5.32 Å². The molecule has 4 heteroatoms. The van der Waals surface area contributed by atoms with E-state index in [2.05, 4.69) is 60.4 Å². The minimum atomic E-state index is 0.448. The van der Waals surface area contributed by atoms with Gasteiger partial charge in [0.1, 0.15) is 12.2 Å². The molecule has 1 unspecified atom stereocenters. The van der Waals surface area contributed by atoms with E-state index in [0.29, 0.717) is 6.04 Å². The first-order valence-corrected chi connectivity index (χ1v) is 7.89. The summed E-state index contributed by atoms with van der Waals surface area (Å²) >= 11 is 0. The summed E-state index contributed by atoms with van der Waals surface area (Å²) < 4.78 is 1.98. The fourth-order valence-corrected chi connectivity index (χ4v) is 2.72. The van der Waals surface area contributed by atoms with Crippen molar-refractivity contribution < 1.29 is 0 Å². The average molecular weight is 286 g/mol. The van der Waals surface area contributed by atoms with Crippen LogP contribution in [0.2, 0.25) is 0 Å². The molecule has 2 rings (SSSR count). The van der Waals surface area contributed by atoms with Gasteiger partial charge in [0, 0.05) is 19.0 Å². The van der Waals surface area contributed by atoms with Gasteiger partial charge in [0.2, 0.25) is 0 Å². The Morgan fingerprint density at radius 3 is 2.76 bits per heavy atom. The summed E-state index contributed by atoms with van der Waals surface area (Å²) in [6, 6.07) is 9.09. The van der Waals surface area contributed by atoms with Gasteiger partial charge in [-0.1, -0.05) is 31.2 Å². The minimum Gasteiger partial charge on any atom is -0.314 e. The lowest BCUT2D eigenvalue weighted by Crippen LogP contribution is -2.32. The van der Waals surface area contributed by atoms with Crippen LogP contribution in [0.4, 0.5) is 0 Å². The van der Waals surface area contributed by atoms with E-state index in [9.17, 15) is 0 Å². The van der Waals surface area contributed by atoms with Crippen molar-refractivity contribution in [3.05, 3.63) is 47.5 Å². The molecule has 2 aromatic rings. The van der Waals surface area contributed by atoms with Gasteiger partial charge >= 0.3 is 0 Å². The van der Waals surface area contributed by atoms with E-state index in [4.69, 9.17) is 0 Å². The van der Waals surface area contributed by atoms with Gasteiger partial charge in [0.05, 0.1) is 0 Å². The lowest BCUT2D eigenvalue weighted by atomic mass is 9.99. The second-order valence-electron chi connectivity index (χ2n) is 5.42. The fourth-order valence-electron chi connectivity index (χ4n) is 2.72. The number of hydrogen-bond donors (Lipinski definition) is 1. The number of hydrogen-bond acceptors (Lipinski definition) is 3. The van der Waals surface area contributed by atoms with Crippen LogP contribution in [0.5, 0.6) is 0 Å². The molecule has 114 valence electrons. The van der Waals surface area contributed by atoms with E-state index in [1.54, 1.807) is 6.33 Å². The van der Waals surface area contributed by atoms with Crippen molar-refractivity contribution in [3.8, 4) is 0 Å². The summed E-state index contributed by atoms with van der Waals surface area (Å²) in [5.41, 5.74) is 2.82. The topological polar surface area (TPSA) is 42.7 Å². The Bertz CT molecular complexity index is 547. The zero-order chi connectivity index (χ0) is 15.1. The van der Waals surface area contributed by atoms with Crippen LogP contribution in [0.3, 0.4) is 0 Å². The Kier molecular flexibility index (Phi) is 5.93. The van der Waals surface area contributed by atoms with E-state index in [1.165, 1.54) is 11.1 Å². The molecule has 1 atom stereocenters. The minimum absolute atomic E-state index is 0.448. The van der Waals surface area contributed by atoms with Crippen LogP contribution in [-0.2, 0) is 19.4 Å². The highest BCUT2D eigenvalue weighted by Gasteiger charge is 2.13. The van der Waals surface area contributed by atoms with Crippen LogP contribution in [0, 0.1) is 6.92 Å². The van der Waals surface area contributed by atoms with Crippen LogP contribution >= 0.6 is 0 Å². The van der Waals surface area contributed by atoms with Crippen molar-refractivity contribution in [2.75, 3.05) is 6.54 Å². The largest absolute Gasteiger partial charge is 0.314 e. The molecule has 4 nitrogen and oxygen atoms in total. The van der Waals surface area contributed by atoms with Gasteiger partial charge in [-0.05, 0) is 44.4 Å². The summed E-state index contributed by atoms with van der Waals surface area (Å²) in [4.78, 5) is 4.39. The molecule has 0 bridgehead atoms. The highest BCUT2D eigenvalue weighted by atomic mass is 15.3. The number of benzene rings is 1. The summed E-state index contributed by atoms with van der Waals surface area (Å²) in [7, 11) is 0. The molecule has 0 fully saturated rings. The van der Waals surface area contributed by atoms with Gasteiger partial charge in [0.15, 0.2) is 0 Å². The maximum Gasteiger partial charge on any atom is 0.138 e. The van der Waals surface area contributed by atoms with Gasteiger partial charge in [-0.25, -0.2) is 4.98 Å². The van der Waals surface area contributed by atoms with Gasteiger partial charge in [-0.15, -0.1) is 0 Å². The van der Waals surface area contributed by atoms with Crippen LogP contribution < -0.4 is 5.32 Å². The molecule has 1 aromatic carbocycles. The van der Waals surface area contributed by atoms with Crippen molar-refractivity contribution >= 4 is 0 Å². The molecule has 1 N–H and O–H groups in total. The first-order valence-electron chi connectivity index (χ1n) is 7.89. The first kappa shape index (κ1) is 15.7. The zero-order valence-corrected chi connectivity index (χ0v) is 13.3. The molecule has 1 aromatic heterocycles. The normalized spacial score (nSPS) is 12.5. The molecule has 0 aliphatic carbocycles. The standard InChI is InChI=1S/C17H26N4/c1-4-18-16(12-17-19-13-20-21(17)5-2)11-10-15-9-7-6-8-14(15)3/h6-9,13,16,18H,4-5,10-12H2,1-3H3. The van der Waals surface area contributed by atoms with Gasteiger partial charge in [-0.2, -0.15) is 5.10 Å². The van der Waals surface area contributed by atoms with Crippen molar-refractivity contribution in [2.45, 2.75) is 52.6 Å². The van der Waals surface area contributed by atoms with Crippen molar-refractivity contribution in [1.29, 1.82) is 0 Å². The third kappa shape index (κ3) is 4.39. The predicted octanol–water partition coefficient (Wildman–Crippen LogP) is 2.76. The molecule has 0 aliphatic rings. The molecular formula is C17H26N4. The Balaban J connectivity index is 1.97. The summed E-state index contributed by atoms with van der Waals surface area (Å²) in [6.45, 7) is 8.31. The van der Waals surface area contributed by atoms with Crippen molar-refractivity contribution in [2.24, 2.45) is 0 Å². The summed E-state index contributed by atoms with van der Waals surface area (Å²) in [5, 5.41) is 7.84. The SMILES string of the molecule is CCNC(CCc1ccccc1C)Cc1ncnn1CC. The Hall–Kier alpha value is -1.68. The second-order valence-corrected chi connectivity index (χ2v) is 5.42.